The highest BCUT2D eigenvalue weighted by molar-refractivity contribution is 5.85. The van der Waals surface area contributed by atoms with E-state index in [1.165, 1.54) is 4.90 Å². The van der Waals surface area contributed by atoms with Gasteiger partial charge in [0.15, 0.2) is 6.61 Å². The van der Waals surface area contributed by atoms with Gasteiger partial charge in [-0.2, -0.15) is 0 Å². The average Bonchev–Trinajstić information content (AvgIpc) is 2.54. The third kappa shape index (κ3) is 5.71. The van der Waals surface area contributed by atoms with Gasteiger partial charge in [-0.1, -0.05) is 18.2 Å². The lowest BCUT2D eigenvalue weighted by Gasteiger charge is -2.30. The van der Waals surface area contributed by atoms with Gasteiger partial charge in [-0.05, 0) is 12.1 Å². The van der Waals surface area contributed by atoms with Gasteiger partial charge in [0.05, 0.1) is 39.8 Å². The van der Waals surface area contributed by atoms with Crippen LogP contribution in [0, 0.1) is 0 Å². The number of likely N-dealkylation sites (N-methyl/N-ethyl adjacent to an activating group) is 1. The summed E-state index contributed by atoms with van der Waals surface area (Å²) in [7, 11) is 2.13. The third-order valence-electron chi connectivity index (χ3n) is 3.46. The number of nitrogens with zero attached hydrogens (tertiary/aromatic N) is 1. The van der Waals surface area contributed by atoms with Gasteiger partial charge in [-0.25, -0.2) is 5.01 Å². The Kier molecular flexibility index (Phi) is 6.17. The van der Waals surface area contributed by atoms with Crippen molar-refractivity contribution < 1.29 is 19.2 Å². The Morgan fingerprint density at radius 1 is 1.18 bits per heavy atom. The molecule has 120 valence electrons. The maximum absolute atomic E-state index is 11.8. The second-order valence-corrected chi connectivity index (χ2v) is 5.36. The molecule has 1 aromatic rings. The third-order valence-corrected chi connectivity index (χ3v) is 3.46. The summed E-state index contributed by atoms with van der Waals surface area (Å²) in [5.41, 5.74) is 2.79. The zero-order chi connectivity index (χ0) is 15.8. The minimum atomic E-state index is -0.318. The molecule has 0 aromatic heterocycles. The summed E-state index contributed by atoms with van der Waals surface area (Å²) in [4.78, 5) is 24.8. The maximum Gasteiger partial charge on any atom is 0.258 e. The lowest BCUT2D eigenvalue weighted by Crippen LogP contribution is -3.12. The number of quaternary nitrogens is 1. The first-order valence-corrected chi connectivity index (χ1v) is 7.44. The van der Waals surface area contributed by atoms with Crippen molar-refractivity contribution in [2.24, 2.45) is 0 Å². The van der Waals surface area contributed by atoms with Gasteiger partial charge in [0, 0.05) is 0 Å². The molecule has 2 rings (SSSR count). The van der Waals surface area contributed by atoms with Gasteiger partial charge in [0.25, 0.3) is 11.8 Å². The van der Waals surface area contributed by atoms with E-state index >= 15 is 0 Å². The molecule has 1 aliphatic rings. The molecule has 1 aromatic carbocycles. The number of hydrogen-bond donors (Lipinski definition) is 3. The lowest BCUT2D eigenvalue weighted by atomic mass is 10.3. The molecule has 1 saturated heterocycles. The van der Waals surface area contributed by atoms with Crippen molar-refractivity contribution in [2.75, 3.05) is 46.4 Å². The SMILES string of the molecule is C[NH+]1CCN(NC(=O)CNC(=O)COc2ccccc2)CC1. The van der Waals surface area contributed by atoms with E-state index < -0.39 is 0 Å². The number of hydrazine groups is 1. The van der Waals surface area contributed by atoms with Gasteiger partial charge < -0.3 is 15.0 Å². The normalized spacial score (nSPS) is 16.0. The van der Waals surface area contributed by atoms with Crippen LogP contribution in [0.5, 0.6) is 5.75 Å². The Morgan fingerprint density at radius 3 is 2.55 bits per heavy atom. The molecule has 0 saturated carbocycles. The maximum atomic E-state index is 11.8. The molecule has 0 bridgehead atoms. The lowest BCUT2D eigenvalue weighted by molar-refractivity contribution is -0.884. The standard InChI is InChI=1S/C15H22N4O3/c1-18-7-9-19(10-8-18)17-14(20)11-16-15(21)12-22-13-5-3-2-4-6-13/h2-6H,7-12H2,1H3,(H,16,21)(H,17,20)/p+1. The molecule has 22 heavy (non-hydrogen) atoms. The highest BCUT2D eigenvalue weighted by atomic mass is 16.5. The second-order valence-electron chi connectivity index (χ2n) is 5.36. The van der Waals surface area contributed by atoms with Gasteiger partial charge in [0.1, 0.15) is 5.75 Å². The van der Waals surface area contributed by atoms with E-state index in [0.29, 0.717) is 5.75 Å². The number of carbonyl (C=O) groups excluding carboxylic acids is 2. The predicted octanol–water partition coefficient (Wildman–Crippen LogP) is -1.96. The predicted molar refractivity (Wildman–Crippen MR) is 81.3 cm³/mol. The van der Waals surface area contributed by atoms with Crippen LogP contribution in [0.3, 0.4) is 0 Å². The zero-order valence-corrected chi connectivity index (χ0v) is 12.8. The summed E-state index contributed by atoms with van der Waals surface area (Å²) >= 11 is 0. The quantitative estimate of drug-likeness (QED) is 0.571. The van der Waals surface area contributed by atoms with Crippen LogP contribution >= 0.6 is 0 Å². The smallest absolute Gasteiger partial charge is 0.258 e. The first-order chi connectivity index (χ1) is 10.6. The molecule has 7 nitrogen and oxygen atoms in total. The van der Waals surface area contributed by atoms with Crippen molar-refractivity contribution in [3.05, 3.63) is 30.3 Å². The first-order valence-electron chi connectivity index (χ1n) is 7.44. The Morgan fingerprint density at radius 2 is 1.86 bits per heavy atom. The number of amides is 2. The second kappa shape index (κ2) is 8.35. The van der Waals surface area contributed by atoms with Crippen molar-refractivity contribution in [3.63, 3.8) is 0 Å². The Hall–Kier alpha value is -2.12. The van der Waals surface area contributed by atoms with Crippen molar-refractivity contribution in [1.82, 2.24) is 15.8 Å². The van der Waals surface area contributed by atoms with E-state index in [9.17, 15) is 9.59 Å². The molecule has 1 heterocycles. The fourth-order valence-electron chi connectivity index (χ4n) is 2.11. The van der Waals surface area contributed by atoms with Crippen LogP contribution in [0.1, 0.15) is 0 Å². The summed E-state index contributed by atoms with van der Waals surface area (Å²) in [6.45, 7) is 3.49. The highest BCUT2D eigenvalue weighted by Gasteiger charge is 2.18. The summed E-state index contributed by atoms with van der Waals surface area (Å²) in [5, 5.41) is 4.43. The molecule has 0 aliphatic carbocycles. The molecule has 0 unspecified atom stereocenters. The fraction of sp³-hybridized carbons (Fsp3) is 0.467. The average molecular weight is 307 g/mol. The summed E-state index contributed by atoms with van der Waals surface area (Å²) in [6.07, 6.45) is 0. The van der Waals surface area contributed by atoms with E-state index in [1.807, 2.05) is 23.2 Å². The number of hydrogen-bond acceptors (Lipinski definition) is 4. The van der Waals surface area contributed by atoms with Crippen molar-refractivity contribution in [2.45, 2.75) is 0 Å². The van der Waals surface area contributed by atoms with Gasteiger partial charge in [0.2, 0.25) is 0 Å². The Balaban J connectivity index is 1.60. The number of piperazine rings is 1. The number of nitrogens with one attached hydrogen (secondary N) is 3. The molecule has 0 radical (unpaired) electrons. The molecule has 0 atom stereocenters. The van der Waals surface area contributed by atoms with E-state index in [4.69, 9.17) is 4.74 Å². The van der Waals surface area contributed by atoms with E-state index in [-0.39, 0.29) is 25.0 Å². The first kappa shape index (κ1) is 16.3. The molecule has 3 N–H and O–H groups in total. The van der Waals surface area contributed by atoms with Gasteiger partial charge in [-0.15, -0.1) is 0 Å². The van der Waals surface area contributed by atoms with Crippen LogP contribution in [0.15, 0.2) is 30.3 Å². The molecule has 1 fully saturated rings. The number of para-hydroxylation sites is 1. The molecular weight excluding hydrogens is 284 g/mol. The number of ether oxygens (including phenoxy) is 1. The van der Waals surface area contributed by atoms with Crippen molar-refractivity contribution >= 4 is 11.8 Å². The van der Waals surface area contributed by atoms with E-state index in [1.54, 1.807) is 12.1 Å². The molecule has 0 spiro atoms. The Bertz CT molecular complexity index is 487. The van der Waals surface area contributed by atoms with Crippen LogP contribution in [-0.4, -0.2) is 63.2 Å². The van der Waals surface area contributed by atoms with Gasteiger partial charge >= 0.3 is 0 Å². The number of rotatable bonds is 6. The highest BCUT2D eigenvalue weighted by Crippen LogP contribution is 2.07. The van der Waals surface area contributed by atoms with E-state index in [2.05, 4.69) is 17.8 Å². The van der Waals surface area contributed by atoms with Crippen LogP contribution in [-0.2, 0) is 9.59 Å². The van der Waals surface area contributed by atoms with Gasteiger partial charge in [-0.3, -0.25) is 15.0 Å². The van der Waals surface area contributed by atoms with Crippen LogP contribution in [0.2, 0.25) is 0 Å². The van der Waals surface area contributed by atoms with Crippen LogP contribution < -0.4 is 20.4 Å². The zero-order valence-electron chi connectivity index (χ0n) is 12.8. The minimum absolute atomic E-state index is 0.0455. The topological polar surface area (TPSA) is 75.1 Å². The number of benzene rings is 1. The van der Waals surface area contributed by atoms with Crippen molar-refractivity contribution in [3.8, 4) is 5.75 Å². The largest absolute Gasteiger partial charge is 0.484 e. The summed E-state index contributed by atoms with van der Waals surface area (Å²) in [6, 6.07) is 9.08. The molecule has 7 heteroatoms. The molecular formula is C15H23N4O3+. The minimum Gasteiger partial charge on any atom is -0.484 e. The fourth-order valence-corrected chi connectivity index (χ4v) is 2.11. The van der Waals surface area contributed by atoms with Crippen LogP contribution in [0.25, 0.3) is 0 Å². The molecule has 2 amide bonds. The van der Waals surface area contributed by atoms with Crippen molar-refractivity contribution in [1.29, 1.82) is 0 Å². The summed E-state index contributed by atoms with van der Waals surface area (Å²) < 4.78 is 5.30. The Labute approximate surface area is 130 Å². The number of carbonyl (C=O) groups is 2. The van der Waals surface area contributed by atoms with Crippen LogP contribution in [0.4, 0.5) is 0 Å². The molecule has 1 aliphatic heterocycles. The monoisotopic (exact) mass is 307 g/mol. The summed E-state index contributed by atoms with van der Waals surface area (Å²) in [5.74, 6) is 0.0940. The van der Waals surface area contributed by atoms with E-state index in [0.717, 1.165) is 26.2 Å².